The topological polar surface area (TPSA) is 58.3 Å². The van der Waals surface area contributed by atoms with E-state index in [1.807, 2.05) is 37.0 Å². The van der Waals surface area contributed by atoms with E-state index >= 15 is 0 Å². The van der Waals surface area contributed by atoms with Gasteiger partial charge in [-0.25, -0.2) is 0 Å². The van der Waals surface area contributed by atoms with Crippen molar-refractivity contribution in [1.82, 2.24) is 9.78 Å². The molecule has 2 fully saturated rings. The first-order valence-corrected chi connectivity index (χ1v) is 10.6. The number of aliphatic hydroxyl groups is 1. The Morgan fingerprint density at radius 2 is 2.11 bits per heavy atom. The molecule has 5 atom stereocenters. The summed E-state index contributed by atoms with van der Waals surface area (Å²) in [5.41, 5.74) is 6.06. The maximum atomic E-state index is 11.3. The van der Waals surface area contributed by atoms with E-state index in [0.29, 0.717) is 23.5 Å². The van der Waals surface area contributed by atoms with Crippen LogP contribution >= 0.6 is 0 Å². The maximum Gasteiger partial charge on any atom is 0.115 e. The summed E-state index contributed by atoms with van der Waals surface area (Å²) in [6.45, 7) is 4.34. The van der Waals surface area contributed by atoms with Crippen LogP contribution in [-0.2, 0) is 13.5 Å². The number of nitrogens with zero attached hydrogens (tertiary/aromatic N) is 2. The van der Waals surface area contributed by atoms with E-state index in [9.17, 15) is 10.2 Å². The number of aromatic nitrogens is 2. The third kappa shape index (κ3) is 2.57. The summed E-state index contributed by atoms with van der Waals surface area (Å²) in [7, 11) is 1.95. The van der Waals surface area contributed by atoms with Crippen LogP contribution in [0.2, 0.25) is 0 Å². The molecule has 0 spiro atoms. The Morgan fingerprint density at radius 1 is 1.29 bits per heavy atom. The van der Waals surface area contributed by atoms with E-state index in [1.165, 1.54) is 16.7 Å². The fourth-order valence-corrected chi connectivity index (χ4v) is 6.53. The molecule has 148 valence electrons. The van der Waals surface area contributed by atoms with Crippen LogP contribution in [0, 0.1) is 24.2 Å². The van der Waals surface area contributed by atoms with Gasteiger partial charge in [0.15, 0.2) is 0 Å². The van der Waals surface area contributed by atoms with Crippen molar-refractivity contribution in [2.24, 2.45) is 24.3 Å². The molecule has 1 aromatic carbocycles. The summed E-state index contributed by atoms with van der Waals surface area (Å²) < 4.78 is 1.85. The Balaban J connectivity index is 1.49. The van der Waals surface area contributed by atoms with Gasteiger partial charge in [-0.15, -0.1) is 0 Å². The summed E-state index contributed by atoms with van der Waals surface area (Å²) in [4.78, 5) is 0. The molecule has 2 aromatic rings. The van der Waals surface area contributed by atoms with Crippen molar-refractivity contribution in [3.8, 4) is 5.75 Å². The highest BCUT2D eigenvalue weighted by molar-refractivity contribution is 5.57. The van der Waals surface area contributed by atoms with Crippen molar-refractivity contribution < 1.29 is 10.2 Å². The summed E-state index contributed by atoms with van der Waals surface area (Å²) in [6.07, 6.45) is 9.25. The normalized spacial score (nSPS) is 35.5. The minimum Gasteiger partial charge on any atom is -0.508 e. The van der Waals surface area contributed by atoms with Gasteiger partial charge in [0, 0.05) is 24.2 Å². The molecular formula is C24H30N2O2. The van der Waals surface area contributed by atoms with Gasteiger partial charge in [-0.05, 0) is 91.7 Å². The number of benzene rings is 1. The number of aromatic hydroxyl groups is 1. The zero-order valence-electron chi connectivity index (χ0n) is 17.0. The van der Waals surface area contributed by atoms with Gasteiger partial charge in [0.05, 0.1) is 11.8 Å². The fraction of sp³-hybridized carbons (Fsp3) is 0.542. The predicted molar refractivity (Wildman–Crippen MR) is 110 cm³/mol. The van der Waals surface area contributed by atoms with E-state index in [2.05, 4.69) is 24.2 Å². The number of hydrogen-bond acceptors (Lipinski definition) is 3. The lowest BCUT2D eigenvalue weighted by Gasteiger charge is -2.49. The lowest BCUT2D eigenvalue weighted by atomic mass is 9.55. The number of aryl methyl sites for hydroxylation is 3. The molecule has 2 saturated carbocycles. The molecule has 28 heavy (non-hydrogen) atoms. The smallest absolute Gasteiger partial charge is 0.115 e. The highest BCUT2D eigenvalue weighted by atomic mass is 16.3. The Bertz CT molecular complexity index is 960. The Kier molecular flexibility index (Phi) is 3.99. The average molecular weight is 379 g/mol. The number of fused-ring (bicyclic) bond motifs is 5. The van der Waals surface area contributed by atoms with Gasteiger partial charge in [-0.1, -0.05) is 13.0 Å². The molecule has 3 aliphatic carbocycles. The minimum absolute atomic E-state index is 0.0302. The summed E-state index contributed by atoms with van der Waals surface area (Å²) in [6, 6.07) is 5.94. The molecule has 0 aliphatic heterocycles. The number of phenols is 1. The summed E-state index contributed by atoms with van der Waals surface area (Å²) >= 11 is 0. The molecule has 1 heterocycles. The predicted octanol–water partition coefficient (Wildman–Crippen LogP) is 4.34. The van der Waals surface area contributed by atoms with Gasteiger partial charge >= 0.3 is 0 Å². The highest BCUT2D eigenvalue weighted by Gasteiger charge is 2.56. The van der Waals surface area contributed by atoms with Crippen LogP contribution < -0.4 is 0 Å². The SMILES string of the molecule is Cc1nn(C)cc1/C=C1\C[C@@H]2[C@@H]3CCc4cc(O)ccc4[C@@H]3CC[C@@]2(C)[C@@H]1O. The van der Waals surface area contributed by atoms with E-state index in [4.69, 9.17) is 0 Å². The molecular weight excluding hydrogens is 348 g/mol. The highest BCUT2D eigenvalue weighted by Crippen LogP contribution is 2.62. The van der Waals surface area contributed by atoms with Gasteiger partial charge in [0.2, 0.25) is 0 Å². The van der Waals surface area contributed by atoms with Crippen LogP contribution in [0.5, 0.6) is 5.75 Å². The van der Waals surface area contributed by atoms with Crippen molar-refractivity contribution in [2.75, 3.05) is 0 Å². The summed E-state index contributed by atoms with van der Waals surface area (Å²) in [5, 5.41) is 25.6. The zero-order valence-corrected chi connectivity index (χ0v) is 17.0. The van der Waals surface area contributed by atoms with E-state index < -0.39 is 0 Å². The first kappa shape index (κ1) is 18.0. The molecule has 0 amide bonds. The van der Waals surface area contributed by atoms with E-state index in [1.54, 1.807) is 0 Å². The number of phenolic OH excluding ortho intramolecular Hbond substituents is 1. The monoisotopic (exact) mass is 378 g/mol. The lowest BCUT2D eigenvalue weighted by Crippen LogP contribution is -2.44. The number of rotatable bonds is 1. The van der Waals surface area contributed by atoms with E-state index in [0.717, 1.165) is 43.4 Å². The Morgan fingerprint density at radius 3 is 2.86 bits per heavy atom. The molecule has 0 radical (unpaired) electrons. The quantitative estimate of drug-likeness (QED) is 0.776. The Labute approximate surface area is 166 Å². The number of hydrogen-bond donors (Lipinski definition) is 2. The van der Waals surface area contributed by atoms with Gasteiger partial charge < -0.3 is 10.2 Å². The second-order valence-electron chi connectivity index (χ2n) is 9.51. The standard InChI is InChI=1S/C24H30N2O2/c1-14-17(13-26(3)25-14)10-16-12-22-21-6-4-15-11-18(27)5-7-19(15)20(21)8-9-24(22,2)23(16)28/h5,7,10-11,13,20-23,27-28H,4,6,8-9,12H2,1-3H3/b16-10+/t20-,21+,22+,23+,24+/m0/s1. The van der Waals surface area contributed by atoms with Crippen molar-refractivity contribution in [1.29, 1.82) is 0 Å². The van der Waals surface area contributed by atoms with Crippen molar-refractivity contribution >= 4 is 6.08 Å². The molecule has 0 bridgehead atoms. The molecule has 1 aromatic heterocycles. The van der Waals surface area contributed by atoms with Gasteiger partial charge in [-0.2, -0.15) is 5.10 Å². The van der Waals surface area contributed by atoms with Crippen molar-refractivity contribution in [3.05, 3.63) is 52.4 Å². The average Bonchev–Trinajstić information content (AvgIpc) is 3.11. The lowest BCUT2D eigenvalue weighted by molar-refractivity contribution is -0.0158. The second-order valence-corrected chi connectivity index (χ2v) is 9.51. The van der Waals surface area contributed by atoms with Crippen molar-refractivity contribution in [2.45, 2.75) is 58.0 Å². The largest absolute Gasteiger partial charge is 0.508 e. The molecule has 4 nitrogen and oxygen atoms in total. The van der Waals surface area contributed by atoms with Crippen LogP contribution in [-0.4, -0.2) is 26.1 Å². The minimum atomic E-state index is -0.362. The first-order valence-electron chi connectivity index (χ1n) is 10.6. The third-order valence-electron chi connectivity index (χ3n) is 7.97. The maximum absolute atomic E-state index is 11.3. The van der Waals surface area contributed by atoms with Crippen molar-refractivity contribution in [3.63, 3.8) is 0 Å². The third-order valence-corrected chi connectivity index (χ3v) is 7.97. The molecule has 4 heteroatoms. The van der Waals surface area contributed by atoms with Crippen LogP contribution in [0.1, 0.15) is 60.9 Å². The molecule has 0 unspecified atom stereocenters. The van der Waals surface area contributed by atoms with Gasteiger partial charge in [0.25, 0.3) is 0 Å². The molecule has 2 N–H and O–H groups in total. The Hall–Kier alpha value is -2.07. The van der Waals surface area contributed by atoms with E-state index in [-0.39, 0.29) is 11.5 Å². The van der Waals surface area contributed by atoms with Crippen LogP contribution in [0.15, 0.2) is 30.0 Å². The second kappa shape index (κ2) is 6.21. The van der Waals surface area contributed by atoms with Crippen LogP contribution in [0.25, 0.3) is 6.08 Å². The first-order chi connectivity index (χ1) is 13.4. The number of aliphatic hydroxyl groups excluding tert-OH is 1. The van der Waals surface area contributed by atoms with Gasteiger partial charge in [0.1, 0.15) is 5.75 Å². The molecule has 0 saturated heterocycles. The van der Waals surface area contributed by atoms with Gasteiger partial charge in [-0.3, -0.25) is 4.68 Å². The fourth-order valence-electron chi connectivity index (χ4n) is 6.53. The summed E-state index contributed by atoms with van der Waals surface area (Å²) in [5.74, 6) is 2.08. The molecule has 3 aliphatic rings. The molecule has 5 rings (SSSR count). The zero-order chi connectivity index (χ0) is 19.6. The van der Waals surface area contributed by atoms with Crippen LogP contribution in [0.3, 0.4) is 0 Å². The van der Waals surface area contributed by atoms with Crippen LogP contribution in [0.4, 0.5) is 0 Å².